The van der Waals surface area contributed by atoms with Crippen LogP contribution in [0.5, 0.6) is 0 Å². The number of hydrogen-bond acceptors (Lipinski definition) is 5. The van der Waals surface area contributed by atoms with E-state index in [1.165, 1.54) is 7.11 Å². The number of aliphatic carboxylic acids is 1. The topological polar surface area (TPSA) is 116 Å². The van der Waals surface area contributed by atoms with Gasteiger partial charge in [0, 0.05) is 6.04 Å². The quantitative estimate of drug-likeness (QED) is 0.530. The Kier molecular flexibility index (Phi) is 6.73. The van der Waals surface area contributed by atoms with E-state index in [-0.39, 0.29) is 12.6 Å². The summed E-state index contributed by atoms with van der Waals surface area (Å²) in [6, 6.07) is -2.48. The third-order valence-corrected chi connectivity index (χ3v) is 2.19. The number of urea groups is 1. The number of rotatable bonds is 6. The zero-order valence-corrected chi connectivity index (χ0v) is 10.5. The molecule has 0 saturated heterocycles. The highest BCUT2D eigenvalue weighted by atomic mass is 16.5. The summed E-state index contributed by atoms with van der Waals surface area (Å²) < 4.78 is 4.43. The fourth-order valence-corrected chi connectivity index (χ4v) is 1.11. The first-order chi connectivity index (χ1) is 8.33. The summed E-state index contributed by atoms with van der Waals surface area (Å²) in [6.45, 7) is 2.30. The normalized spacial score (nSPS) is 11.8. The van der Waals surface area contributed by atoms with Gasteiger partial charge in [0.05, 0.1) is 13.7 Å². The number of nitrogens with zero attached hydrogens (tertiary/aromatic N) is 1. The number of aliphatic hydroxyl groups excluding tert-OH is 1. The molecule has 0 bridgehead atoms. The molecule has 0 radical (unpaired) electrons. The summed E-state index contributed by atoms with van der Waals surface area (Å²) in [5, 5.41) is 19.6. The van der Waals surface area contributed by atoms with Crippen molar-refractivity contribution < 1.29 is 29.3 Å². The maximum absolute atomic E-state index is 11.7. The minimum Gasteiger partial charge on any atom is -0.480 e. The number of carbonyl (C=O) groups excluding carboxylic acids is 2. The first-order valence-electron chi connectivity index (χ1n) is 5.31. The largest absolute Gasteiger partial charge is 0.480 e. The Morgan fingerprint density at radius 2 is 1.89 bits per heavy atom. The van der Waals surface area contributed by atoms with Crippen molar-refractivity contribution in [2.45, 2.75) is 25.9 Å². The highest BCUT2D eigenvalue weighted by Crippen LogP contribution is 2.00. The minimum absolute atomic E-state index is 0.294. The van der Waals surface area contributed by atoms with E-state index >= 15 is 0 Å². The number of carbonyl (C=O) groups is 3. The van der Waals surface area contributed by atoms with Crippen molar-refractivity contribution in [3.8, 4) is 0 Å². The lowest BCUT2D eigenvalue weighted by atomic mass is 10.3. The van der Waals surface area contributed by atoms with Gasteiger partial charge >= 0.3 is 18.0 Å². The van der Waals surface area contributed by atoms with Gasteiger partial charge in [-0.25, -0.2) is 9.59 Å². The molecule has 3 N–H and O–H groups in total. The number of hydrogen-bond donors (Lipinski definition) is 3. The lowest BCUT2D eigenvalue weighted by Gasteiger charge is -2.27. The summed E-state index contributed by atoms with van der Waals surface area (Å²) in [6.07, 6.45) is 0. The van der Waals surface area contributed by atoms with Crippen molar-refractivity contribution in [1.29, 1.82) is 0 Å². The van der Waals surface area contributed by atoms with Crippen LogP contribution in [0.4, 0.5) is 4.79 Å². The zero-order chi connectivity index (χ0) is 14.3. The van der Waals surface area contributed by atoms with Gasteiger partial charge in [-0.3, -0.25) is 4.79 Å². The van der Waals surface area contributed by atoms with Gasteiger partial charge in [0.2, 0.25) is 0 Å². The highest BCUT2D eigenvalue weighted by Gasteiger charge is 2.25. The third kappa shape index (κ3) is 5.00. The van der Waals surface area contributed by atoms with Crippen LogP contribution in [0, 0.1) is 0 Å². The van der Waals surface area contributed by atoms with Crippen LogP contribution < -0.4 is 5.32 Å². The van der Waals surface area contributed by atoms with E-state index in [0.29, 0.717) is 0 Å². The number of methoxy groups -OCH3 is 1. The Morgan fingerprint density at radius 3 is 2.22 bits per heavy atom. The number of carboxylic acids is 1. The van der Waals surface area contributed by atoms with Gasteiger partial charge < -0.3 is 25.2 Å². The molecule has 0 rings (SSSR count). The van der Waals surface area contributed by atoms with E-state index in [2.05, 4.69) is 10.1 Å². The van der Waals surface area contributed by atoms with Crippen molar-refractivity contribution in [2.24, 2.45) is 0 Å². The molecule has 8 heteroatoms. The SMILES string of the molecule is COC(=O)CN(C(=O)NC(CO)C(=O)O)C(C)C. The number of amides is 2. The summed E-state index contributed by atoms with van der Waals surface area (Å²) in [4.78, 5) is 34.6. The van der Waals surface area contributed by atoms with Crippen LogP contribution in [0.2, 0.25) is 0 Å². The zero-order valence-electron chi connectivity index (χ0n) is 10.5. The van der Waals surface area contributed by atoms with Gasteiger partial charge in [0.25, 0.3) is 0 Å². The maximum Gasteiger partial charge on any atom is 0.328 e. The number of nitrogens with one attached hydrogen (secondary N) is 1. The van der Waals surface area contributed by atoms with Crippen LogP contribution in [-0.4, -0.2) is 65.4 Å². The first kappa shape index (κ1) is 16.2. The molecule has 0 aromatic heterocycles. The molecule has 0 aromatic rings. The molecule has 8 nitrogen and oxygen atoms in total. The van der Waals surface area contributed by atoms with E-state index in [9.17, 15) is 14.4 Å². The van der Waals surface area contributed by atoms with Gasteiger partial charge in [-0.1, -0.05) is 0 Å². The van der Waals surface area contributed by atoms with E-state index < -0.39 is 30.6 Å². The van der Waals surface area contributed by atoms with Gasteiger partial charge in [0.1, 0.15) is 6.54 Å². The Balaban J connectivity index is 4.66. The van der Waals surface area contributed by atoms with E-state index in [0.717, 1.165) is 4.90 Å². The molecular weight excluding hydrogens is 244 g/mol. The molecular formula is C10H18N2O6. The van der Waals surface area contributed by atoms with Crippen LogP contribution in [0.3, 0.4) is 0 Å². The molecule has 0 aliphatic heterocycles. The van der Waals surface area contributed by atoms with Gasteiger partial charge in [0.15, 0.2) is 6.04 Å². The molecule has 0 saturated carbocycles. The maximum atomic E-state index is 11.7. The third-order valence-electron chi connectivity index (χ3n) is 2.19. The smallest absolute Gasteiger partial charge is 0.328 e. The van der Waals surface area contributed by atoms with E-state index in [1.807, 2.05) is 0 Å². The monoisotopic (exact) mass is 262 g/mol. The molecule has 104 valence electrons. The fraction of sp³-hybridized carbons (Fsp3) is 0.700. The molecule has 0 heterocycles. The van der Waals surface area contributed by atoms with Crippen LogP contribution in [0.25, 0.3) is 0 Å². The van der Waals surface area contributed by atoms with E-state index in [4.69, 9.17) is 10.2 Å². The van der Waals surface area contributed by atoms with Crippen LogP contribution in [0.1, 0.15) is 13.8 Å². The summed E-state index contributed by atoms with van der Waals surface area (Å²) in [5.41, 5.74) is 0. The predicted octanol–water partition coefficient (Wildman–Crippen LogP) is -0.975. The summed E-state index contributed by atoms with van der Waals surface area (Å²) in [5.74, 6) is -1.97. The number of aliphatic hydroxyl groups is 1. The number of ether oxygens (including phenoxy) is 1. The molecule has 1 atom stereocenters. The first-order valence-corrected chi connectivity index (χ1v) is 5.31. The Hall–Kier alpha value is -1.83. The molecule has 0 aromatic carbocycles. The minimum atomic E-state index is -1.41. The highest BCUT2D eigenvalue weighted by molar-refractivity contribution is 5.85. The van der Waals surface area contributed by atoms with E-state index in [1.54, 1.807) is 13.8 Å². The number of esters is 1. The van der Waals surface area contributed by atoms with Crippen molar-refractivity contribution >= 4 is 18.0 Å². The molecule has 0 aliphatic rings. The molecule has 0 fully saturated rings. The molecule has 0 spiro atoms. The van der Waals surface area contributed by atoms with Crippen LogP contribution in [0.15, 0.2) is 0 Å². The van der Waals surface area contributed by atoms with Crippen LogP contribution in [-0.2, 0) is 14.3 Å². The number of carboxylic acid groups (broad SMARTS) is 1. The molecule has 0 aliphatic carbocycles. The Morgan fingerprint density at radius 1 is 1.33 bits per heavy atom. The van der Waals surface area contributed by atoms with Crippen molar-refractivity contribution in [1.82, 2.24) is 10.2 Å². The van der Waals surface area contributed by atoms with Crippen molar-refractivity contribution in [3.63, 3.8) is 0 Å². The lowest BCUT2D eigenvalue weighted by molar-refractivity contribution is -0.141. The standard InChI is InChI=1S/C10H18N2O6/c1-6(2)12(4-8(14)18-3)10(17)11-7(5-13)9(15)16/h6-7,13H,4-5H2,1-3H3,(H,11,17)(H,15,16). The summed E-state index contributed by atoms with van der Waals surface area (Å²) in [7, 11) is 1.19. The average Bonchev–Trinajstić information content (AvgIpc) is 2.31. The van der Waals surface area contributed by atoms with Gasteiger partial charge in [-0.2, -0.15) is 0 Å². The Bertz CT molecular complexity index is 317. The second kappa shape index (κ2) is 7.49. The average molecular weight is 262 g/mol. The van der Waals surface area contributed by atoms with Crippen molar-refractivity contribution in [3.05, 3.63) is 0 Å². The van der Waals surface area contributed by atoms with Gasteiger partial charge in [-0.05, 0) is 13.8 Å². The van der Waals surface area contributed by atoms with Crippen molar-refractivity contribution in [2.75, 3.05) is 20.3 Å². The van der Waals surface area contributed by atoms with Crippen LogP contribution >= 0.6 is 0 Å². The lowest BCUT2D eigenvalue weighted by Crippen LogP contribution is -2.52. The second-order valence-corrected chi connectivity index (χ2v) is 3.82. The molecule has 2 amide bonds. The van der Waals surface area contributed by atoms with Gasteiger partial charge in [-0.15, -0.1) is 0 Å². The summed E-state index contributed by atoms with van der Waals surface area (Å²) >= 11 is 0. The molecule has 18 heavy (non-hydrogen) atoms. The fourth-order valence-electron chi connectivity index (χ4n) is 1.11. The second-order valence-electron chi connectivity index (χ2n) is 3.82. The molecule has 1 unspecified atom stereocenters. The Labute approximate surface area is 105 Å². The predicted molar refractivity (Wildman–Crippen MR) is 60.9 cm³/mol.